The van der Waals surface area contributed by atoms with Crippen LogP contribution in [0.5, 0.6) is 5.75 Å². The van der Waals surface area contributed by atoms with E-state index in [-0.39, 0.29) is 5.69 Å². The van der Waals surface area contributed by atoms with Crippen LogP contribution in [0.2, 0.25) is 0 Å². The molecule has 0 unspecified atom stereocenters. The fourth-order valence-electron chi connectivity index (χ4n) is 3.24. The average molecular weight is 525 g/mol. The maximum Gasteiger partial charge on any atom is 0.328 e. The maximum absolute atomic E-state index is 13.2. The van der Waals surface area contributed by atoms with Gasteiger partial charge in [0.2, 0.25) is 0 Å². The van der Waals surface area contributed by atoms with Gasteiger partial charge in [0, 0.05) is 27.3 Å². The van der Waals surface area contributed by atoms with Gasteiger partial charge in [-0.25, -0.2) is 9.07 Å². The first kappa shape index (κ1) is 23.0. The second kappa shape index (κ2) is 9.75. The number of anilines is 2. The van der Waals surface area contributed by atoms with Gasteiger partial charge in [0.25, 0.3) is 5.91 Å². The first-order valence-corrected chi connectivity index (χ1v) is 10.8. The molecule has 0 bridgehead atoms. The first-order chi connectivity index (χ1) is 16.3. The number of rotatable bonds is 5. The van der Waals surface area contributed by atoms with Crippen molar-refractivity contribution in [3.05, 3.63) is 88.8 Å². The Morgan fingerprint density at radius 2 is 1.65 bits per heavy atom. The van der Waals surface area contributed by atoms with E-state index in [2.05, 4.69) is 32.0 Å². The van der Waals surface area contributed by atoms with Crippen LogP contribution in [0.3, 0.4) is 0 Å². The minimum Gasteiger partial charge on any atom is -0.497 e. The van der Waals surface area contributed by atoms with Gasteiger partial charge in [-0.2, -0.15) is 0 Å². The van der Waals surface area contributed by atoms with Gasteiger partial charge in [-0.3, -0.25) is 19.8 Å². The van der Waals surface area contributed by atoms with E-state index in [4.69, 9.17) is 4.74 Å². The van der Waals surface area contributed by atoms with E-state index in [1.54, 1.807) is 48.5 Å². The van der Waals surface area contributed by atoms with Gasteiger partial charge < -0.3 is 15.4 Å². The van der Waals surface area contributed by atoms with Crippen molar-refractivity contribution in [2.75, 3.05) is 23.2 Å². The monoisotopic (exact) mass is 524 g/mol. The van der Waals surface area contributed by atoms with Gasteiger partial charge in [-0.1, -0.05) is 22.0 Å². The number of amides is 3. The molecule has 0 spiro atoms. The SMILES string of the molecule is COc1cccc(NC(=O)C(=O)Nn2c(C(=O)Nc3ccc(F)cc3)cc3cc(Br)ccc32)c1. The molecule has 0 saturated carbocycles. The number of aromatic nitrogens is 1. The minimum atomic E-state index is -0.987. The van der Waals surface area contributed by atoms with E-state index < -0.39 is 23.5 Å². The number of nitrogens with one attached hydrogen (secondary N) is 3. The van der Waals surface area contributed by atoms with E-state index in [9.17, 15) is 18.8 Å². The second-order valence-electron chi connectivity index (χ2n) is 7.16. The number of carbonyl (C=O) groups is 3. The van der Waals surface area contributed by atoms with Crippen LogP contribution in [0.4, 0.5) is 15.8 Å². The van der Waals surface area contributed by atoms with Crippen LogP contribution in [0, 0.1) is 5.82 Å². The molecule has 10 heteroatoms. The molecular formula is C24H18BrFN4O4. The van der Waals surface area contributed by atoms with Crippen molar-refractivity contribution < 1.29 is 23.5 Å². The zero-order valence-corrected chi connectivity index (χ0v) is 19.4. The summed E-state index contributed by atoms with van der Waals surface area (Å²) in [5.41, 5.74) is 3.78. The predicted molar refractivity (Wildman–Crippen MR) is 130 cm³/mol. The standard InChI is InChI=1S/C24H18BrFN4O4/c1-34-19-4-2-3-18(13-19)28-23(32)24(33)29-30-20-10-5-15(25)11-14(20)12-21(30)22(31)27-17-8-6-16(26)7-9-17/h2-13H,1H3,(H,27,31)(H,28,32)(H,29,33). The molecule has 3 amide bonds. The smallest absolute Gasteiger partial charge is 0.328 e. The molecule has 1 heterocycles. The summed E-state index contributed by atoms with van der Waals surface area (Å²) in [6.07, 6.45) is 0. The highest BCUT2D eigenvalue weighted by atomic mass is 79.9. The van der Waals surface area contributed by atoms with E-state index >= 15 is 0 Å². The van der Waals surface area contributed by atoms with E-state index in [1.807, 2.05) is 0 Å². The molecule has 4 rings (SSSR count). The molecule has 0 fully saturated rings. The summed E-state index contributed by atoms with van der Waals surface area (Å²) >= 11 is 3.38. The van der Waals surface area contributed by atoms with Gasteiger partial charge in [0.15, 0.2) is 0 Å². The largest absolute Gasteiger partial charge is 0.497 e. The molecule has 0 saturated heterocycles. The molecule has 0 aliphatic rings. The van der Waals surface area contributed by atoms with Crippen LogP contribution in [-0.2, 0) is 9.59 Å². The lowest BCUT2D eigenvalue weighted by Crippen LogP contribution is -2.36. The first-order valence-electron chi connectivity index (χ1n) is 9.98. The average Bonchev–Trinajstić information content (AvgIpc) is 3.18. The Morgan fingerprint density at radius 1 is 0.882 bits per heavy atom. The van der Waals surface area contributed by atoms with Crippen molar-refractivity contribution >= 4 is 55.9 Å². The number of hydrogen-bond acceptors (Lipinski definition) is 4. The second-order valence-corrected chi connectivity index (χ2v) is 8.07. The Morgan fingerprint density at radius 3 is 2.38 bits per heavy atom. The van der Waals surface area contributed by atoms with Gasteiger partial charge in [-0.05, 0) is 60.7 Å². The molecule has 4 aromatic rings. The highest BCUT2D eigenvalue weighted by Gasteiger charge is 2.21. The molecule has 0 aliphatic heterocycles. The topological polar surface area (TPSA) is 101 Å². The van der Waals surface area contributed by atoms with Gasteiger partial charge >= 0.3 is 11.8 Å². The third-order valence-electron chi connectivity index (χ3n) is 4.85. The number of methoxy groups -OCH3 is 1. The lowest BCUT2D eigenvalue weighted by Gasteiger charge is -2.13. The fourth-order valence-corrected chi connectivity index (χ4v) is 3.62. The van der Waals surface area contributed by atoms with Crippen LogP contribution in [-0.4, -0.2) is 29.5 Å². The fraction of sp³-hybridized carbons (Fsp3) is 0.0417. The summed E-state index contributed by atoms with van der Waals surface area (Å²) in [6.45, 7) is 0. The van der Waals surface area contributed by atoms with E-state index in [0.29, 0.717) is 28.0 Å². The van der Waals surface area contributed by atoms with Crippen molar-refractivity contribution in [2.24, 2.45) is 0 Å². The number of carbonyl (C=O) groups excluding carboxylic acids is 3. The van der Waals surface area contributed by atoms with Gasteiger partial charge in [0.1, 0.15) is 17.3 Å². The number of halogens is 2. The molecule has 34 heavy (non-hydrogen) atoms. The minimum absolute atomic E-state index is 0.0694. The third kappa shape index (κ3) is 5.07. The number of ether oxygens (including phenoxy) is 1. The Bertz CT molecular complexity index is 1400. The van der Waals surface area contributed by atoms with Crippen molar-refractivity contribution in [3.63, 3.8) is 0 Å². The lowest BCUT2D eigenvalue weighted by molar-refractivity contribution is -0.133. The number of hydrogen-bond donors (Lipinski definition) is 3. The number of benzene rings is 3. The number of nitrogens with zero attached hydrogens (tertiary/aromatic N) is 1. The Balaban J connectivity index is 1.61. The van der Waals surface area contributed by atoms with Crippen molar-refractivity contribution in [3.8, 4) is 5.75 Å². The van der Waals surface area contributed by atoms with Crippen LogP contribution >= 0.6 is 15.9 Å². The van der Waals surface area contributed by atoms with Crippen LogP contribution in [0.25, 0.3) is 10.9 Å². The Labute approximate surface area is 201 Å². The summed E-state index contributed by atoms with van der Waals surface area (Å²) in [6, 6.07) is 18.6. The molecule has 3 N–H and O–H groups in total. The Hall–Kier alpha value is -4.18. The molecule has 8 nitrogen and oxygen atoms in total. The summed E-state index contributed by atoms with van der Waals surface area (Å²) in [5.74, 6) is -2.41. The molecule has 3 aromatic carbocycles. The van der Waals surface area contributed by atoms with Crippen molar-refractivity contribution in [2.45, 2.75) is 0 Å². The van der Waals surface area contributed by atoms with Crippen LogP contribution in [0.15, 0.2) is 77.3 Å². The van der Waals surface area contributed by atoms with Crippen LogP contribution < -0.4 is 20.8 Å². The summed E-state index contributed by atoms with van der Waals surface area (Å²) in [5, 5.41) is 5.79. The summed E-state index contributed by atoms with van der Waals surface area (Å²) < 4.78 is 20.3. The molecule has 0 radical (unpaired) electrons. The molecule has 0 atom stereocenters. The highest BCUT2D eigenvalue weighted by Crippen LogP contribution is 2.24. The molecule has 172 valence electrons. The molecule has 0 aliphatic carbocycles. The van der Waals surface area contributed by atoms with Crippen LogP contribution in [0.1, 0.15) is 10.5 Å². The molecule has 1 aromatic heterocycles. The molecular weight excluding hydrogens is 507 g/mol. The van der Waals surface area contributed by atoms with Crippen molar-refractivity contribution in [1.29, 1.82) is 0 Å². The van der Waals surface area contributed by atoms with Gasteiger partial charge in [0.05, 0.1) is 12.6 Å². The quantitative estimate of drug-likeness (QED) is 0.334. The Kier molecular flexibility index (Phi) is 6.60. The zero-order chi connectivity index (χ0) is 24.2. The lowest BCUT2D eigenvalue weighted by atomic mass is 10.2. The number of fused-ring (bicyclic) bond motifs is 1. The van der Waals surface area contributed by atoms with E-state index in [1.165, 1.54) is 36.1 Å². The van der Waals surface area contributed by atoms with E-state index in [0.717, 1.165) is 4.47 Å². The third-order valence-corrected chi connectivity index (χ3v) is 5.34. The summed E-state index contributed by atoms with van der Waals surface area (Å²) in [4.78, 5) is 38.2. The maximum atomic E-state index is 13.2. The summed E-state index contributed by atoms with van der Waals surface area (Å²) in [7, 11) is 1.49. The predicted octanol–water partition coefficient (Wildman–Crippen LogP) is 4.51. The zero-order valence-electron chi connectivity index (χ0n) is 17.8. The highest BCUT2D eigenvalue weighted by molar-refractivity contribution is 9.10. The van der Waals surface area contributed by atoms with Crippen molar-refractivity contribution in [1.82, 2.24) is 4.68 Å². The van der Waals surface area contributed by atoms with Gasteiger partial charge in [-0.15, -0.1) is 0 Å². The normalized spacial score (nSPS) is 10.6.